The van der Waals surface area contributed by atoms with Crippen LogP contribution < -0.4 is 0 Å². The maximum atomic E-state index is 5.18. The van der Waals surface area contributed by atoms with Crippen molar-refractivity contribution in [2.24, 2.45) is 10.9 Å². The van der Waals surface area contributed by atoms with Crippen molar-refractivity contribution in [2.45, 2.75) is 31.7 Å². The molecule has 0 spiro atoms. The Bertz CT molecular complexity index is 157. The second-order valence-electron chi connectivity index (χ2n) is 3.18. The molecule has 2 rings (SSSR count). The van der Waals surface area contributed by atoms with Gasteiger partial charge in [0.05, 0.1) is 13.2 Å². The Morgan fingerprint density at radius 3 is 2.40 bits per heavy atom. The van der Waals surface area contributed by atoms with Gasteiger partial charge in [0.25, 0.3) is 0 Å². The number of ether oxygens (including phenoxy) is 1. The van der Waals surface area contributed by atoms with Gasteiger partial charge in [-0.2, -0.15) is 0 Å². The molecule has 56 valence electrons. The van der Waals surface area contributed by atoms with E-state index < -0.39 is 0 Å². The fraction of sp³-hybridized carbons (Fsp3) is 0.875. The number of aliphatic imine (C=N–C) groups is 1. The van der Waals surface area contributed by atoms with Gasteiger partial charge in [-0.15, -0.1) is 0 Å². The van der Waals surface area contributed by atoms with Crippen LogP contribution >= 0.6 is 0 Å². The second-order valence-corrected chi connectivity index (χ2v) is 3.18. The van der Waals surface area contributed by atoms with Crippen LogP contribution in [-0.2, 0) is 4.74 Å². The van der Waals surface area contributed by atoms with Crippen LogP contribution in [-0.4, -0.2) is 19.0 Å². The fourth-order valence-corrected chi connectivity index (χ4v) is 1.04. The molecule has 0 heterocycles. The maximum Gasteiger partial charge on any atom is 0.186 e. The predicted octanol–water partition coefficient (Wildman–Crippen LogP) is 1.60. The highest BCUT2D eigenvalue weighted by Crippen LogP contribution is 2.33. The lowest BCUT2D eigenvalue weighted by Crippen LogP contribution is -2.04. The minimum absolute atomic E-state index is 0.621. The lowest BCUT2D eigenvalue weighted by molar-refractivity contribution is 0.383. The number of hydrogen-bond donors (Lipinski definition) is 0. The molecular formula is C8H13NO. The quantitative estimate of drug-likeness (QED) is 0.420. The molecule has 0 radical (unpaired) electrons. The van der Waals surface area contributed by atoms with E-state index in [4.69, 9.17) is 4.74 Å². The highest BCUT2D eigenvalue weighted by atomic mass is 16.5. The minimum atomic E-state index is 0.621. The van der Waals surface area contributed by atoms with E-state index in [-0.39, 0.29) is 0 Å². The number of rotatable bonds is 2. The first-order valence-electron chi connectivity index (χ1n) is 4.02. The van der Waals surface area contributed by atoms with Crippen LogP contribution in [0.1, 0.15) is 25.7 Å². The van der Waals surface area contributed by atoms with Gasteiger partial charge in [0.15, 0.2) is 5.90 Å². The highest BCUT2D eigenvalue weighted by Gasteiger charge is 2.31. The van der Waals surface area contributed by atoms with E-state index in [1.54, 1.807) is 7.11 Å². The van der Waals surface area contributed by atoms with Crippen LogP contribution in [0.25, 0.3) is 0 Å². The zero-order valence-electron chi connectivity index (χ0n) is 6.34. The van der Waals surface area contributed by atoms with Crippen molar-refractivity contribution in [3.05, 3.63) is 0 Å². The van der Waals surface area contributed by atoms with E-state index in [2.05, 4.69) is 4.99 Å². The molecule has 2 saturated carbocycles. The van der Waals surface area contributed by atoms with Crippen LogP contribution in [0.15, 0.2) is 4.99 Å². The molecule has 10 heavy (non-hydrogen) atoms. The molecule has 0 aromatic carbocycles. The van der Waals surface area contributed by atoms with Gasteiger partial charge < -0.3 is 4.74 Å². The monoisotopic (exact) mass is 139 g/mol. The molecule has 0 aromatic rings. The Labute approximate surface area is 61.3 Å². The van der Waals surface area contributed by atoms with Gasteiger partial charge in [-0.05, 0) is 25.7 Å². The van der Waals surface area contributed by atoms with E-state index in [0.717, 1.165) is 5.90 Å². The summed E-state index contributed by atoms with van der Waals surface area (Å²) in [5.74, 6) is 1.70. The van der Waals surface area contributed by atoms with Crippen LogP contribution in [0.5, 0.6) is 0 Å². The Kier molecular flexibility index (Phi) is 1.40. The number of hydrogen-bond acceptors (Lipinski definition) is 2. The van der Waals surface area contributed by atoms with E-state index in [9.17, 15) is 0 Å². The van der Waals surface area contributed by atoms with Crippen molar-refractivity contribution < 1.29 is 4.74 Å². The van der Waals surface area contributed by atoms with E-state index in [0.29, 0.717) is 12.0 Å². The maximum absolute atomic E-state index is 5.18. The van der Waals surface area contributed by atoms with Crippen LogP contribution in [0, 0.1) is 5.92 Å². The van der Waals surface area contributed by atoms with Gasteiger partial charge >= 0.3 is 0 Å². The number of nitrogens with zero attached hydrogens (tertiary/aromatic N) is 1. The summed E-state index contributed by atoms with van der Waals surface area (Å²) in [5.41, 5.74) is 0. The zero-order valence-corrected chi connectivity index (χ0v) is 6.34. The van der Waals surface area contributed by atoms with E-state index in [1.165, 1.54) is 25.7 Å². The van der Waals surface area contributed by atoms with Gasteiger partial charge in [0, 0.05) is 5.92 Å². The second kappa shape index (κ2) is 2.26. The fourth-order valence-electron chi connectivity index (χ4n) is 1.04. The number of methoxy groups -OCH3 is 1. The van der Waals surface area contributed by atoms with Crippen molar-refractivity contribution in [3.8, 4) is 0 Å². The van der Waals surface area contributed by atoms with Crippen LogP contribution in [0.4, 0.5) is 0 Å². The summed E-state index contributed by atoms with van der Waals surface area (Å²) in [6.07, 6.45) is 5.14. The Hall–Kier alpha value is -0.530. The lowest BCUT2D eigenvalue weighted by atomic mass is 10.4. The Balaban J connectivity index is 1.94. The Morgan fingerprint density at radius 1 is 1.30 bits per heavy atom. The molecule has 0 aromatic heterocycles. The first-order valence-corrected chi connectivity index (χ1v) is 4.02. The molecular weight excluding hydrogens is 126 g/mol. The third-order valence-electron chi connectivity index (χ3n) is 1.99. The summed E-state index contributed by atoms with van der Waals surface area (Å²) in [4.78, 5) is 4.46. The topological polar surface area (TPSA) is 21.6 Å². The average Bonchev–Trinajstić information content (AvgIpc) is 2.76. The summed E-state index contributed by atoms with van der Waals surface area (Å²) in [6, 6.07) is 0.621. The summed E-state index contributed by atoms with van der Waals surface area (Å²) >= 11 is 0. The molecule has 2 heteroatoms. The zero-order chi connectivity index (χ0) is 6.97. The van der Waals surface area contributed by atoms with Crippen molar-refractivity contribution in [1.82, 2.24) is 0 Å². The van der Waals surface area contributed by atoms with E-state index in [1.807, 2.05) is 0 Å². The summed E-state index contributed by atoms with van der Waals surface area (Å²) in [7, 11) is 1.74. The van der Waals surface area contributed by atoms with Gasteiger partial charge in [-0.25, -0.2) is 0 Å². The molecule has 0 N–H and O–H groups in total. The highest BCUT2D eigenvalue weighted by molar-refractivity contribution is 5.81. The third-order valence-corrected chi connectivity index (χ3v) is 1.99. The molecule has 0 bridgehead atoms. The smallest absolute Gasteiger partial charge is 0.186 e. The van der Waals surface area contributed by atoms with Gasteiger partial charge in [0.1, 0.15) is 0 Å². The lowest BCUT2D eigenvalue weighted by Gasteiger charge is -2.00. The van der Waals surface area contributed by atoms with Crippen molar-refractivity contribution >= 4 is 5.90 Å². The van der Waals surface area contributed by atoms with Gasteiger partial charge in [-0.1, -0.05) is 0 Å². The largest absolute Gasteiger partial charge is 0.484 e. The molecule has 0 unspecified atom stereocenters. The predicted molar refractivity (Wildman–Crippen MR) is 40.2 cm³/mol. The molecule has 0 saturated heterocycles. The van der Waals surface area contributed by atoms with Crippen LogP contribution in [0.3, 0.4) is 0 Å². The average molecular weight is 139 g/mol. The molecule has 0 atom stereocenters. The van der Waals surface area contributed by atoms with Gasteiger partial charge in [0.2, 0.25) is 0 Å². The van der Waals surface area contributed by atoms with E-state index >= 15 is 0 Å². The standard InChI is InChI=1S/C8H13NO/c1-10-8(6-2-3-6)9-7-4-5-7/h6-7H,2-5H2,1H3/b9-8+. The first kappa shape index (κ1) is 6.20. The van der Waals surface area contributed by atoms with Crippen molar-refractivity contribution in [2.75, 3.05) is 7.11 Å². The molecule has 0 amide bonds. The molecule has 2 aliphatic rings. The Morgan fingerprint density at radius 2 is 2.00 bits per heavy atom. The van der Waals surface area contributed by atoms with Crippen molar-refractivity contribution in [3.63, 3.8) is 0 Å². The molecule has 2 aliphatic carbocycles. The van der Waals surface area contributed by atoms with Crippen LogP contribution in [0.2, 0.25) is 0 Å². The summed E-state index contributed by atoms with van der Waals surface area (Å²) < 4.78 is 5.18. The first-order chi connectivity index (χ1) is 4.90. The summed E-state index contributed by atoms with van der Waals surface area (Å²) in [6.45, 7) is 0. The van der Waals surface area contributed by atoms with Crippen molar-refractivity contribution in [1.29, 1.82) is 0 Å². The molecule has 2 fully saturated rings. The summed E-state index contributed by atoms with van der Waals surface area (Å²) in [5, 5.41) is 0. The minimum Gasteiger partial charge on any atom is -0.484 e. The SMILES string of the molecule is CO/C(=N/C1CC1)C1CC1. The third kappa shape index (κ3) is 1.31. The molecule has 0 aliphatic heterocycles. The normalized spacial score (nSPS) is 26.7. The van der Waals surface area contributed by atoms with Gasteiger partial charge in [-0.3, -0.25) is 4.99 Å². The molecule has 2 nitrogen and oxygen atoms in total.